The highest BCUT2D eigenvalue weighted by Crippen LogP contribution is 1.93. The van der Waals surface area contributed by atoms with Crippen molar-refractivity contribution < 1.29 is 9.59 Å². The van der Waals surface area contributed by atoms with Crippen molar-refractivity contribution in [1.82, 2.24) is 20.9 Å². The molecule has 1 fully saturated rings. The molecule has 6 nitrogen and oxygen atoms in total. The first kappa shape index (κ1) is 15.9. The Labute approximate surface area is 115 Å². The predicted octanol–water partition coefficient (Wildman–Crippen LogP) is -0.831. The zero-order chi connectivity index (χ0) is 14.3. The number of hydrogen-bond acceptors (Lipinski definition) is 4. The molecule has 0 saturated carbocycles. The smallest absolute Gasteiger partial charge is 0.242 e. The summed E-state index contributed by atoms with van der Waals surface area (Å²) in [6.07, 6.45) is 0. The number of carbonyl (C=O) groups is 2. The normalized spacial score (nSPS) is 18.1. The highest BCUT2D eigenvalue weighted by molar-refractivity contribution is 5.87. The summed E-state index contributed by atoms with van der Waals surface area (Å²) in [4.78, 5) is 25.6. The Morgan fingerprint density at radius 2 is 1.84 bits per heavy atom. The molecule has 0 aromatic heterocycles. The van der Waals surface area contributed by atoms with E-state index in [9.17, 15) is 9.59 Å². The van der Waals surface area contributed by atoms with Crippen LogP contribution in [0.3, 0.4) is 0 Å². The van der Waals surface area contributed by atoms with Crippen LogP contribution < -0.4 is 16.0 Å². The van der Waals surface area contributed by atoms with Crippen LogP contribution in [0.4, 0.5) is 0 Å². The summed E-state index contributed by atoms with van der Waals surface area (Å²) in [5, 5.41) is 8.79. The van der Waals surface area contributed by atoms with E-state index in [1.807, 2.05) is 13.8 Å². The van der Waals surface area contributed by atoms with E-state index in [-0.39, 0.29) is 11.8 Å². The second-order valence-electron chi connectivity index (χ2n) is 5.45. The average Bonchev–Trinajstić information content (AvgIpc) is 2.36. The number of amides is 2. The zero-order valence-corrected chi connectivity index (χ0v) is 12.2. The van der Waals surface area contributed by atoms with Gasteiger partial charge in [0.1, 0.15) is 6.04 Å². The van der Waals surface area contributed by atoms with Crippen LogP contribution in [0.2, 0.25) is 0 Å². The second-order valence-corrected chi connectivity index (χ2v) is 5.45. The molecule has 0 spiro atoms. The average molecular weight is 270 g/mol. The van der Waals surface area contributed by atoms with Crippen LogP contribution in [0.25, 0.3) is 0 Å². The lowest BCUT2D eigenvalue weighted by molar-refractivity contribution is -0.129. The van der Waals surface area contributed by atoms with Crippen LogP contribution in [0.1, 0.15) is 20.8 Å². The molecule has 1 unspecified atom stereocenters. The fraction of sp³-hybridized carbons (Fsp3) is 0.846. The van der Waals surface area contributed by atoms with Gasteiger partial charge in [-0.1, -0.05) is 13.8 Å². The zero-order valence-electron chi connectivity index (χ0n) is 12.2. The molecule has 110 valence electrons. The van der Waals surface area contributed by atoms with Crippen molar-refractivity contribution in [3.8, 4) is 0 Å². The molecule has 0 aromatic carbocycles. The van der Waals surface area contributed by atoms with E-state index in [0.29, 0.717) is 19.0 Å². The number of carbonyl (C=O) groups excluding carboxylic acids is 2. The molecule has 0 radical (unpaired) electrons. The lowest BCUT2D eigenvalue weighted by Crippen LogP contribution is -2.51. The molecular formula is C13H26N4O2. The summed E-state index contributed by atoms with van der Waals surface area (Å²) >= 11 is 0. The van der Waals surface area contributed by atoms with Gasteiger partial charge in [-0.25, -0.2) is 0 Å². The quantitative estimate of drug-likeness (QED) is 0.589. The molecule has 1 rings (SSSR count). The van der Waals surface area contributed by atoms with Crippen molar-refractivity contribution in [2.45, 2.75) is 26.8 Å². The lowest BCUT2D eigenvalue weighted by Gasteiger charge is -2.27. The van der Waals surface area contributed by atoms with Crippen LogP contribution in [0, 0.1) is 5.92 Å². The van der Waals surface area contributed by atoms with Gasteiger partial charge in [0.25, 0.3) is 0 Å². The van der Waals surface area contributed by atoms with Gasteiger partial charge in [0.2, 0.25) is 11.8 Å². The molecule has 1 aliphatic rings. The van der Waals surface area contributed by atoms with E-state index < -0.39 is 6.04 Å². The molecular weight excluding hydrogens is 244 g/mol. The minimum Gasteiger partial charge on any atom is -0.354 e. The van der Waals surface area contributed by atoms with Crippen LogP contribution in [0.15, 0.2) is 0 Å². The predicted molar refractivity (Wildman–Crippen MR) is 74.8 cm³/mol. The summed E-state index contributed by atoms with van der Waals surface area (Å²) in [6, 6.07) is -0.478. The standard InChI is InChI=1S/C13H26N4O2/c1-10(2)8-15-13(19)11(3)16-12(18)9-17-6-4-14-5-7-17/h10-11,14H,4-9H2,1-3H3,(H,15,19)(H,16,18). The van der Waals surface area contributed by atoms with Crippen molar-refractivity contribution in [2.75, 3.05) is 39.3 Å². The van der Waals surface area contributed by atoms with Gasteiger partial charge >= 0.3 is 0 Å². The fourth-order valence-electron chi connectivity index (χ4n) is 1.88. The van der Waals surface area contributed by atoms with Gasteiger partial charge in [-0.15, -0.1) is 0 Å². The third kappa shape index (κ3) is 6.54. The van der Waals surface area contributed by atoms with Gasteiger partial charge in [-0.2, -0.15) is 0 Å². The molecule has 1 aliphatic heterocycles. The van der Waals surface area contributed by atoms with Gasteiger partial charge in [0.05, 0.1) is 6.54 Å². The van der Waals surface area contributed by atoms with Crippen LogP contribution in [-0.4, -0.2) is 62.0 Å². The Balaban J connectivity index is 2.24. The Morgan fingerprint density at radius 3 is 2.42 bits per heavy atom. The molecule has 0 aromatic rings. The first-order chi connectivity index (χ1) is 8.99. The molecule has 19 heavy (non-hydrogen) atoms. The highest BCUT2D eigenvalue weighted by atomic mass is 16.2. The van der Waals surface area contributed by atoms with E-state index >= 15 is 0 Å². The molecule has 0 bridgehead atoms. The van der Waals surface area contributed by atoms with Crippen molar-refractivity contribution in [1.29, 1.82) is 0 Å². The lowest BCUT2D eigenvalue weighted by atomic mass is 10.2. The van der Waals surface area contributed by atoms with Gasteiger partial charge in [-0.05, 0) is 12.8 Å². The van der Waals surface area contributed by atoms with Crippen molar-refractivity contribution in [2.24, 2.45) is 5.92 Å². The first-order valence-corrected chi connectivity index (χ1v) is 6.99. The van der Waals surface area contributed by atoms with Crippen LogP contribution >= 0.6 is 0 Å². The maximum Gasteiger partial charge on any atom is 0.242 e. The minimum absolute atomic E-state index is 0.0888. The molecule has 1 saturated heterocycles. The number of nitrogens with one attached hydrogen (secondary N) is 3. The third-order valence-electron chi connectivity index (χ3n) is 3.03. The minimum atomic E-state index is -0.478. The number of rotatable bonds is 6. The number of piperazine rings is 1. The largest absolute Gasteiger partial charge is 0.354 e. The maximum atomic E-state index is 11.8. The van der Waals surface area contributed by atoms with Gasteiger partial charge in [-0.3, -0.25) is 14.5 Å². The van der Waals surface area contributed by atoms with Gasteiger partial charge in [0.15, 0.2) is 0 Å². The summed E-state index contributed by atoms with van der Waals surface area (Å²) in [5.74, 6) is 0.198. The van der Waals surface area contributed by atoms with Crippen molar-refractivity contribution in [3.63, 3.8) is 0 Å². The number of nitrogens with zero attached hydrogens (tertiary/aromatic N) is 1. The van der Waals surface area contributed by atoms with E-state index in [0.717, 1.165) is 26.2 Å². The van der Waals surface area contributed by atoms with Gasteiger partial charge in [0, 0.05) is 32.7 Å². The van der Waals surface area contributed by atoms with E-state index in [2.05, 4.69) is 20.9 Å². The van der Waals surface area contributed by atoms with E-state index in [1.165, 1.54) is 0 Å². The van der Waals surface area contributed by atoms with Gasteiger partial charge < -0.3 is 16.0 Å². The van der Waals surface area contributed by atoms with Crippen molar-refractivity contribution >= 4 is 11.8 Å². The number of hydrogen-bond donors (Lipinski definition) is 3. The highest BCUT2D eigenvalue weighted by Gasteiger charge is 2.18. The molecule has 2 amide bonds. The topological polar surface area (TPSA) is 73.5 Å². The van der Waals surface area contributed by atoms with Crippen LogP contribution in [0.5, 0.6) is 0 Å². The third-order valence-corrected chi connectivity index (χ3v) is 3.03. The Kier molecular flexibility index (Phi) is 6.80. The second kappa shape index (κ2) is 8.12. The molecule has 0 aliphatic carbocycles. The van der Waals surface area contributed by atoms with E-state index in [1.54, 1.807) is 6.92 Å². The fourth-order valence-corrected chi connectivity index (χ4v) is 1.88. The molecule has 6 heteroatoms. The van der Waals surface area contributed by atoms with Crippen LogP contribution in [-0.2, 0) is 9.59 Å². The summed E-state index contributed by atoms with van der Waals surface area (Å²) in [7, 11) is 0. The molecule has 1 heterocycles. The first-order valence-electron chi connectivity index (χ1n) is 6.99. The summed E-state index contributed by atoms with van der Waals surface area (Å²) in [6.45, 7) is 10.4. The summed E-state index contributed by atoms with van der Waals surface area (Å²) in [5.41, 5.74) is 0. The Bertz CT molecular complexity index is 301. The summed E-state index contributed by atoms with van der Waals surface area (Å²) < 4.78 is 0. The Hall–Kier alpha value is -1.14. The monoisotopic (exact) mass is 270 g/mol. The molecule has 3 N–H and O–H groups in total. The SMILES string of the molecule is CC(C)CNC(=O)C(C)NC(=O)CN1CCNCC1. The van der Waals surface area contributed by atoms with Crippen molar-refractivity contribution in [3.05, 3.63) is 0 Å². The molecule has 1 atom stereocenters. The maximum absolute atomic E-state index is 11.8. The van der Waals surface area contributed by atoms with E-state index in [4.69, 9.17) is 0 Å². The Morgan fingerprint density at radius 1 is 1.21 bits per heavy atom.